The van der Waals surface area contributed by atoms with Gasteiger partial charge in [-0.05, 0) is 95.8 Å². The second kappa shape index (κ2) is 48.0. The molecule has 1 aromatic heterocycles. The smallest absolute Gasteiger partial charge is 0.133 e. The van der Waals surface area contributed by atoms with E-state index in [1.165, 1.54) is 134 Å². The molecule has 0 N–H and O–H groups in total. The Morgan fingerprint density at radius 1 is 0.772 bits per heavy atom. The number of hydrogen-bond acceptors (Lipinski definition) is 5. The molecule has 0 aromatic carbocycles. The number of imidazole rings is 1. The highest BCUT2D eigenvalue weighted by atomic mass is 31.0. The Morgan fingerprint density at radius 3 is 1.63 bits per heavy atom. The van der Waals surface area contributed by atoms with Crippen LogP contribution in [0.1, 0.15) is 186 Å². The number of hydrogen-bond donors (Lipinski definition) is 0. The molecule has 1 aliphatic heterocycles. The molecule has 0 saturated carbocycles. The molecule has 0 radical (unpaired) electrons. The summed E-state index contributed by atoms with van der Waals surface area (Å²) < 4.78 is 11.4. The predicted molar refractivity (Wildman–Crippen MR) is 252 cm³/mol. The summed E-state index contributed by atoms with van der Waals surface area (Å²) in [5.41, 5.74) is 0.826. The molecule has 6 nitrogen and oxygen atoms in total. The van der Waals surface area contributed by atoms with Gasteiger partial charge < -0.3 is 18.8 Å². The van der Waals surface area contributed by atoms with E-state index >= 15 is 0 Å². The van der Waals surface area contributed by atoms with E-state index in [1.54, 1.807) is 20.5 Å². The topological polar surface area (TPSA) is 70.4 Å². The van der Waals surface area contributed by atoms with Crippen LogP contribution in [0.3, 0.4) is 0 Å². The van der Waals surface area contributed by atoms with Crippen molar-refractivity contribution in [1.29, 1.82) is 0 Å². The first-order valence-corrected chi connectivity index (χ1v) is 23.3. The fraction of sp³-hybridized carbons (Fsp3) is 0.700. The highest BCUT2D eigenvalue weighted by Gasteiger charge is 2.18. The number of rotatable bonds is 32. The van der Waals surface area contributed by atoms with Crippen LogP contribution in [-0.2, 0) is 32.5 Å². The number of ether oxygens (including phenoxy) is 2. The summed E-state index contributed by atoms with van der Waals surface area (Å²) in [6, 6.07) is 0. The molecule has 1 aliphatic rings. The van der Waals surface area contributed by atoms with Gasteiger partial charge in [-0.15, -0.1) is 9.24 Å². The van der Waals surface area contributed by atoms with Gasteiger partial charge in [0.1, 0.15) is 12.1 Å². The van der Waals surface area contributed by atoms with E-state index in [9.17, 15) is 9.59 Å². The number of allylic oxidation sites excluding steroid dienone is 9. The van der Waals surface area contributed by atoms with Crippen molar-refractivity contribution in [2.24, 2.45) is 13.0 Å². The molecule has 2 rings (SSSR count). The van der Waals surface area contributed by atoms with Crippen LogP contribution >= 0.6 is 9.24 Å². The lowest BCUT2D eigenvalue weighted by Crippen LogP contribution is -2.08. The third-order valence-electron chi connectivity index (χ3n) is 9.45. The van der Waals surface area contributed by atoms with Crippen LogP contribution < -0.4 is 0 Å². The lowest BCUT2D eigenvalue weighted by Gasteiger charge is -2.06. The number of methoxy groups -OCH3 is 1. The number of nitrogens with zero attached hydrogens (tertiary/aromatic N) is 2. The van der Waals surface area contributed by atoms with E-state index in [4.69, 9.17) is 4.74 Å². The van der Waals surface area contributed by atoms with Gasteiger partial charge in [-0.1, -0.05) is 139 Å². The van der Waals surface area contributed by atoms with E-state index < -0.39 is 0 Å². The van der Waals surface area contributed by atoms with Crippen molar-refractivity contribution >= 4 is 21.3 Å². The van der Waals surface area contributed by atoms with Crippen molar-refractivity contribution < 1.29 is 19.1 Å². The first-order chi connectivity index (χ1) is 27.8. The standard InChI is InChI=1S/C23H40O2.C19H35P.C6H8N2O.C2H6O/c1-2-3-4-5-6-7-8-9-10-11-12-13-14-15-16-17-23(24)20-22-18-19-25-21-22;1-3-4-5-6-7-8-9-10-11-12-13-14-15-16-17-18-19(2)20;1-8-4-6(2-3-9)7-5-8;1-3-2/h6-7,9-10,22H,2-5,8,11-21H2,1H3;7-8,10-11H,2-6,9,12-18,20H2,1H3;3-5H,2H2,1H3;1-2H3/b7-6-,10-9-;8-7-,11-10-;;/t22-;;;/m0.../s1. The minimum Gasteiger partial charge on any atom is -0.388 e. The van der Waals surface area contributed by atoms with Crippen molar-refractivity contribution in [2.45, 2.75) is 187 Å². The molecular formula is C50H89N2O4P. The molecule has 0 spiro atoms. The molecule has 1 saturated heterocycles. The summed E-state index contributed by atoms with van der Waals surface area (Å²) >= 11 is 0. The average Bonchev–Trinajstić information content (AvgIpc) is 3.87. The zero-order valence-electron chi connectivity index (χ0n) is 37.7. The molecule has 2 heterocycles. The third kappa shape index (κ3) is 47.9. The van der Waals surface area contributed by atoms with E-state index in [1.807, 2.05) is 17.8 Å². The van der Waals surface area contributed by atoms with Crippen molar-refractivity contribution in [2.75, 3.05) is 27.4 Å². The Labute approximate surface area is 355 Å². The van der Waals surface area contributed by atoms with Crippen LogP contribution in [0.5, 0.6) is 0 Å². The Kier molecular flexibility index (Phi) is 47.7. The Balaban J connectivity index is 0. The lowest BCUT2D eigenvalue weighted by molar-refractivity contribution is -0.120. The maximum absolute atomic E-state index is 11.9. The molecule has 2 atom stereocenters. The van der Waals surface area contributed by atoms with E-state index in [0.717, 1.165) is 63.7 Å². The van der Waals surface area contributed by atoms with Gasteiger partial charge in [0, 0.05) is 59.9 Å². The quantitative estimate of drug-likeness (QED) is 0.0314. The van der Waals surface area contributed by atoms with Gasteiger partial charge in [-0.3, -0.25) is 4.79 Å². The third-order valence-corrected chi connectivity index (χ3v) is 9.73. The Morgan fingerprint density at radius 2 is 1.23 bits per heavy atom. The van der Waals surface area contributed by atoms with E-state index in [2.05, 4.69) is 88.0 Å². The zero-order chi connectivity index (χ0) is 42.3. The minimum absolute atomic E-state index is 0.418. The number of ketones is 1. The average molecular weight is 813 g/mol. The highest BCUT2D eigenvalue weighted by molar-refractivity contribution is 7.22. The minimum atomic E-state index is 0.418. The number of Topliss-reactive ketones (excluding diaryl/α,β-unsaturated/α-hetero) is 1. The second-order valence-corrected chi connectivity index (χ2v) is 16.2. The van der Waals surface area contributed by atoms with E-state index in [0.29, 0.717) is 18.1 Å². The Hall–Kier alpha value is -2.40. The molecule has 1 unspecified atom stereocenters. The first-order valence-electron chi connectivity index (χ1n) is 22.8. The summed E-state index contributed by atoms with van der Waals surface area (Å²) in [5, 5.41) is 1.25. The first kappa shape index (κ1) is 56.7. The number of aryl methyl sites for hydroxylation is 1. The Bertz CT molecular complexity index is 1130. The molecular weight excluding hydrogens is 724 g/mol. The van der Waals surface area contributed by atoms with Crippen molar-refractivity contribution in [3.63, 3.8) is 0 Å². The van der Waals surface area contributed by atoms with Crippen LogP contribution in [0.25, 0.3) is 0 Å². The van der Waals surface area contributed by atoms with Gasteiger partial charge in [0.2, 0.25) is 0 Å². The number of aromatic nitrogens is 2. The van der Waals surface area contributed by atoms with Crippen LogP contribution in [0, 0.1) is 5.92 Å². The van der Waals surface area contributed by atoms with Crippen LogP contribution in [0.4, 0.5) is 0 Å². The molecule has 0 bridgehead atoms. The largest absolute Gasteiger partial charge is 0.388 e. The molecule has 1 aromatic rings. The summed E-state index contributed by atoms with van der Waals surface area (Å²) in [6.45, 7) is 10.1. The van der Waals surface area contributed by atoms with E-state index in [-0.39, 0.29) is 0 Å². The molecule has 57 heavy (non-hydrogen) atoms. The summed E-state index contributed by atoms with van der Waals surface area (Å²) in [5.74, 6) is 0.951. The second-order valence-electron chi connectivity index (χ2n) is 15.4. The van der Waals surface area contributed by atoms with Crippen LogP contribution in [0.15, 0.2) is 73.0 Å². The monoisotopic (exact) mass is 813 g/mol. The van der Waals surface area contributed by atoms with Crippen molar-refractivity contribution in [3.8, 4) is 0 Å². The van der Waals surface area contributed by atoms with Gasteiger partial charge >= 0.3 is 0 Å². The van der Waals surface area contributed by atoms with Gasteiger partial charge in [0.15, 0.2) is 0 Å². The number of carbonyl (C=O) groups is 2. The normalized spacial score (nSPS) is 13.8. The van der Waals surface area contributed by atoms with Crippen molar-refractivity contribution in [3.05, 3.63) is 78.7 Å². The maximum atomic E-state index is 11.9. The molecule has 0 amide bonds. The maximum Gasteiger partial charge on any atom is 0.133 e. The molecule has 328 valence electrons. The molecule has 1 fully saturated rings. The molecule has 7 heteroatoms. The van der Waals surface area contributed by atoms with Crippen molar-refractivity contribution in [1.82, 2.24) is 9.55 Å². The fourth-order valence-electron chi connectivity index (χ4n) is 6.12. The number of aldehydes is 1. The SMILES string of the molecule is C=C(P)CCCCCCC/C=C\C/C=C\CCCCC.CCCCC/C=C\C/C=C\CCCCCCCC(=O)C[C@@H]1CCOC1.COC.Cn1cnc(CC=O)c1. The summed E-state index contributed by atoms with van der Waals surface area (Å²) in [6.07, 6.45) is 55.1. The number of unbranched alkanes of at least 4 members (excludes halogenated alkanes) is 16. The highest BCUT2D eigenvalue weighted by Crippen LogP contribution is 2.19. The summed E-state index contributed by atoms with van der Waals surface area (Å²) in [7, 11) is 7.82. The van der Waals surface area contributed by atoms with Gasteiger partial charge in [-0.25, -0.2) is 4.98 Å². The summed E-state index contributed by atoms with van der Waals surface area (Å²) in [4.78, 5) is 25.7. The number of carbonyl (C=O) groups excluding carboxylic acids is 2. The zero-order valence-corrected chi connectivity index (χ0v) is 38.9. The fourth-order valence-corrected chi connectivity index (χ4v) is 6.33. The van der Waals surface area contributed by atoms with Crippen LogP contribution in [0.2, 0.25) is 0 Å². The molecule has 0 aliphatic carbocycles. The lowest BCUT2D eigenvalue weighted by atomic mass is 9.98. The van der Waals surface area contributed by atoms with Gasteiger partial charge in [0.25, 0.3) is 0 Å². The van der Waals surface area contributed by atoms with Crippen LogP contribution in [-0.4, -0.2) is 49.1 Å². The van der Waals surface area contributed by atoms with Gasteiger partial charge in [-0.2, -0.15) is 0 Å². The van der Waals surface area contributed by atoms with Gasteiger partial charge in [0.05, 0.1) is 12.0 Å². The predicted octanol–water partition coefficient (Wildman–Crippen LogP) is 14.4.